The molecule has 420 valence electrons. The summed E-state index contributed by atoms with van der Waals surface area (Å²) in [6, 6.07) is 0. The van der Waals surface area contributed by atoms with E-state index in [0.29, 0.717) is 19.3 Å². The lowest BCUT2D eigenvalue weighted by Crippen LogP contribution is -2.30. The molecule has 0 spiro atoms. The highest BCUT2D eigenvalue weighted by atomic mass is 16.6. The van der Waals surface area contributed by atoms with Gasteiger partial charge in [-0.3, -0.25) is 14.4 Å². The first-order valence-corrected chi connectivity index (χ1v) is 31.1. The van der Waals surface area contributed by atoms with Crippen molar-refractivity contribution in [1.82, 2.24) is 0 Å². The fourth-order valence-electron chi connectivity index (χ4n) is 8.74. The summed E-state index contributed by atoms with van der Waals surface area (Å²) in [5.74, 6) is -0.888. The Labute approximate surface area is 452 Å². The number of allylic oxidation sites excluding steroid dienone is 14. The highest BCUT2D eigenvalue weighted by Crippen LogP contribution is 2.16. The molecule has 73 heavy (non-hydrogen) atoms. The lowest BCUT2D eigenvalue weighted by molar-refractivity contribution is -0.167. The molecule has 0 fully saturated rings. The van der Waals surface area contributed by atoms with Crippen molar-refractivity contribution in [3.63, 3.8) is 0 Å². The monoisotopic (exact) mass is 1020 g/mol. The van der Waals surface area contributed by atoms with Crippen molar-refractivity contribution in [2.24, 2.45) is 0 Å². The SMILES string of the molecule is CC/C=C\C/C=C\C/C=C\C/C=C\C/C=C\CCCCCCCCCC(=O)OCC(COC(=O)CCCCCCCCCCCCCCCC)OC(=O)CCCCCCCCC/C=C\C/C=C\CCCCCC. The molecule has 0 rings (SSSR count). The van der Waals surface area contributed by atoms with Crippen LogP contribution in [0.3, 0.4) is 0 Å². The summed E-state index contributed by atoms with van der Waals surface area (Å²) in [5.41, 5.74) is 0. The van der Waals surface area contributed by atoms with Gasteiger partial charge in [0.05, 0.1) is 0 Å². The molecule has 0 aromatic carbocycles. The standard InChI is InChI=1S/C67H116O6/c1-4-7-10-13-16-19-22-25-28-30-32-33-34-35-36-38-39-42-45-48-51-54-57-60-66(69)72-63-64(62-71-65(68)59-56-53-50-47-44-41-27-24-21-18-15-12-9-6-3)73-67(70)61-58-55-52-49-46-43-40-37-31-29-26-23-20-17-14-11-8-5-2/h7,10,16,19-20,23,25,28-29,31-33,35-36,64H,4-6,8-9,11-15,17-18,21-22,24,26-27,30,34,37-63H2,1-3H3/b10-7-,19-16-,23-20-,28-25-,31-29-,33-32-,36-35-. The molecule has 0 saturated heterocycles. The van der Waals surface area contributed by atoms with E-state index in [1.54, 1.807) is 0 Å². The highest BCUT2D eigenvalue weighted by molar-refractivity contribution is 5.71. The third-order valence-electron chi connectivity index (χ3n) is 13.4. The minimum Gasteiger partial charge on any atom is -0.462 e. The van der Waals surface area contributed by atoms with Gasteiger partial charge in [-0.05, 0) is 96.3 Å². The smallest absolute Gasteiger partial charge is 0.306 e. The third kappa shape index (κ3) is 59.3. The van der Waals surface area contributed by atoms with Gasteiger partial charge in [0, 0.05) is 19.3 Å². The van der Waals surface area contributed by atoms with Crippen molar-refractivity contribution < 1.29 is 28.6 Å². The van der Waals surface area contributed by atoms with Gasteiger partial charge in [-0.2, -0.15) is 0 Å². The zero-order valence-electron chi connectivity index (χ0n) is 48.1. The van der Waals surface area contributed by atoms with Gasteiger partial charge in [0.2, 0.25) is 0 Å². The molecular weight excluding hydrogens is 901 g/mol. The van der Waals surface area contributed by atoms with Gasteiger partial charge < -0.3 is 14.2 Å². The van der Waals surface area contributed by atoms with Crippen LogP contribution in [-0.4, -0.2) is 37.2 Å². The van der Waals surface area contributed by atoms with Crippen LogP contribution in [0.4, 0.5) is 0 Å². The topological polar surface area (TPSA) is 78.9 Å². The van der Waals surface area contributed by atoms with Crippen LogP contribution in [0.2, 0.25) is 0 Å². The van der Waals surface area contributed by atoms with Gasteiger partial charge in [0.25, 0.3) is 0 Å². The molecule has 0 amide bonds. The first-order chi connectivity index (χ1) is 36.0. The third-order valence-corrected chi connectivity index (χ3v) is 13.4. The van der Waals surface area contributed by atoms with E-state index in [-0.39, 0.29) is 31.1 Å². The average Bonchev–Trinajstić information content (AvgIpc) is 3.39. The quantitative estimate of drug-likeness (QED) is 0.0261. The molecule has 1 unspecified atom stereocenters. The Balaban J connectivity index is 4.38. The van der Waals surface area contributed by atoms with E-state index in [4.69, 9.17) is 14.2 Å². The Morgan fingerprint density at radius 2 is 0.534 bits per heavy atom. The van der Waals surface area contributed by atoms with Crippen LogP contribution < -0.4 is 0 Å². The Morgan fingerprint density at radius 1 is 0.288 bits per heavy atom. The molecule has 1 atom stereocenters. The number of unbranched alkanes of at least 4 members (excludes halogenated alkanes) is 31. The zero-order chi connectivity index (χ0) is 52.9. The fraction of sp³-hybridized carbons (Fsp3) is 0.746. The molecule has 0 aromatic heterocycles. The van der Waals surface area contributed by atoms with Gasteiger partial charge in [-0.25, -0.2) is 0 Å². The molecule has 6 heteroatoms. The van der Waals surface area contributed by atoms with Gasteiger partial charge in [-0.15, -0.1) is 0 Å². The minimum atomic E-state index is -0.785. The van der Waals surface area contributed by atoms with E-state index in [2.05, 4.69) is 106 Å². The van der Waals surface area contributed by atoms with E-state index in [0.717, 1.165) is 109 Å². The van der Waals surface area contributed by atoms with Crippen molar-refractivity contribution >= 4 is 17.9 Å². The lowest BCUT2D eigenvalue weighted by Gasteiger charge is -2.18. The first kappa shape index (κ1) is 69.6. The van der Waals surface area contributed by atoms with Crippen LogP contribution in [0.5, 0.6) is 0 Å². The molecular formula is C67H116O6. The summed E-state index contributed by atoms with van der Waals surface area (Å²) < 4.78 is 16.9. The normalized spacial score (nSPS) is 12.6. The van der Waals surface area contributed by atoms with Gasteiger partial charge in [0.1, 0.15) is 13.2 Å². The summed E-state index contributed by atoms with van der Waals surface area (Å²) in [6.45, 7) is 6.52. The van der Waals surface area contributed by atoms with Crippen molar-refractivity contribution in [3.05, 3.63) is 85.1 Å². The van der Waals surface area contributed by atoms with Crippen LogP contribution in [0.25, 0.3) is 0 Å². The van der Waals surface area contributed by atoms with Crippen LogP contribution in [0.15, 0.2) is 85.1 Å². The van der Waals surface area contributed by atoms with Crippen molar-refractivity contribution in [3.8, 4) is 0 Å². The summed E-state index contributed by atoms with van der Waals surface area (Å²) in [7, 11) is 0. The number of carbonyl (C=O) groups excluding carboxylic acids is 3. The largest absolute Gasteiger partial charge is 0.462 e. The molecule has 0 aromatic rings. The fourth-order valence-corrected chi connectivity index (χ4v) is 8.74. The van der Waals surface area contributed by atoms with Crippen molar-refractivity contribution in [2.75, 3.05) is 13.2 Å². The average molecular weight is 1020 g/mol. The Morgan fingerprint density at radius 3 is 0.849 bits per heavy atom. The van der Waals surface area contributed by atoms with Gasteiger partial charge in [-0.1, -0.05) is 273 Å². The molecule has 0 heterocycles. The molecule has 0 aliphatic carbocycles. The maximum Gasteiger partial charge on any atom is 0.306 e. The number of rotatable bonds is 56. The molecule has 0 aliphatic heterocycles. The number of hydrogen-bond acceptors (Lipinski definition) is 6. The number of ether oxygens (including phenoxy) is 3. The molecule has 0 N–H and O–H groups in total. The van der Waals surface area contributed by atoms with E-state index >= 15 is 0 Å². The molecule has 0 aliphatic rings. The van der Waals surface area contributed by atoms with E-state index in [1.807, 2.05) is 0 Å². The molecule has 0 saturated carbocycles. The zero-order valence-corrected chi connectivity index (χ0v) is 48.1. The van der Waals surface area contributed by atoms with Crippen molar-refractivity contribution in [2.45, 2.75) is 309 Å². The summed E-state index contributed by atoms with van der Waals surface area (Å²) >= 11 is 0. The second kappa shape index (κ2) is 61.1. The van der Waals surface area contributed by atoms with Crippen LogP contribution in [0.1, 0.15) is 303 Å². The van der Waals surface area contributed by atoms with Crippen LogP contribution in [-0.2, 0) is 28.6 Å². The second-order valence-corrected chi connectivity index (χ2v) is 20.6. The number of esters is 3. The lowest BCUT2D eigenvalue weighted by atomic mass is 10.0. The highest BCUT2D eigenvalue weighted by Gasteiger charge is 2.19. The van der Waals surface area contributed by atoms with E-state index < -0.39 is 6.10 Å². The van der Waals surface area contributed by atoms with E-state index in [9.17, 15) is 14.4 Å². The van der Waals surface area contributed by atoms with E-state index in [1.165, 1.54) is 154 Å². The Kier molecular flexibility index (Phi) is 58.3. The first-order valence-electron chi connectivity index (χ1n) is 31.1. The Hall–Kier alpha value is -3.41. The molecule has 0 radical (unpaired) electrons. The molecule has 6 nitrogen and oxygen atoms in total. The predicted octanol–water partition coefficient (Wildman–Crippen LogP) is 21.1. The van der Waals surface area contributed by atoms with Gasteiger partial charge in [0.15, 0.2) is 6.10 Å². The summed E-state index contributed by atoms with van der Waals surface area (Å²) in [4.78, 5) is 38.3. The summed E-state index contributed by atoms with van der Waals surface area (Å²) in [6.07, 6.45) is 80.0. The number of carbonyl (C=O) groups is 3. The van der Waals surface area contributed by atoms with Crippen molar-refractivity contribution in [1.29, 1.82) is 0 Å². The molecule has 0 bridgehead atoms. The predicted molar refractivity (Wildman–Crippen MR) is 316 cm³/mol. The van der Waals surface area contributed by atoms with Crippen LogP contribution in [0, 0.1) is 0 Å². The van der Waals surface area contributed by atoms with Gasteiger partial charge >= 0.3 is 17.9 Å². The number of hydrogen-bond donors (Lipinski definition) is 0. The maximum absolute atomic E-state index is 12.9. The van der Waals surface area contributed by atoms with Crippen LogP contribution >= 0.6 is 0 Å². The maximum atomic E-state index is 12.9. The minimum absolute atomic E-state index is 0.0808. The second-order valence-electron chi connectivity index (χ2n) is 20.6. The summed E-state index contributed by atoms with van der Waals surface area (Å²) in [5, 5.41) is 0. The Bertz CT molecular complexity index is 1400.